The van der Waals surface area contributed by atoms with Gasteiger partial charge >= 0.3 is 0 Å². The van der Waals surface area contributed by atoms with Crippen LogP contribution in [-0.4, -0.2) is 23.8 Å². The number of nitrogens with zero attached hydrogens (tertiary/aromatic N) is 1. The van der Waals surface area contributed by atoms with Crippen LogP contribution in [0.4, 0.5) is 5.69 Å². The third-order valence-electron chi connectivity index (χ3n) is 3.65. The number of ether oxygens (including phenoxy) is 1. The van der Waals surface area contributed by atoms with Crippen molar-refractivity contribution in [2.45, 2.75) is 12.8 Å². The molecule has 8 nitrogen and oxygen atoms in total. The van der Waals surface area contributed by atoms with E-state index in [0.29, 0.717) is 11.3 Å². The summed E-state index contributed by atoms with van der Waals surface area (Å²) in [5, 5.41) is 10.6. The lowest BCUT2D eigenvalue weighted by Crippen LogP contribution is -2.43. The largest absolute Gasteiger partial charge is 0.496 e. The van der Waals surface area contributed by atoms with E-state index in [4.69, 9.17) is 4.74 Å². The van der Waals surface area contributed by atoms with Crippen LogP contribution in [0.3, 0.4) is 0 Å². The van der Waals surface area contributed by atoms with Crippen molar-refractivity contribution in [1.82, 2.24) is 10.9 Å². The second-order valence-electron chi connectivity index (χ2n) is 5.21. The molecule has 0 bridgehead atoms. The van der Waals surface area contributed by atoms with Crippen LogP contribution in [0.5, 0.6) is 5.75 Å². The summed E-state index contributed by atoms with van der Waals surface area (Å²) in [5.74, 6) is -1.17. The first-order valence-corrected chi connectivity index (χ1v) is 7.41. The van der Waals surface area contributed by atoms with E-state index in [1.165, 1.54) is 31.4 Å². The Kier molecular flexibility index (Phi) is 5.67. The monoisotopic (exact) mass is 343 g/mol. The summed E-state index contributed by atoms with van der Waals surface area (Å²) < 4.78 is 5.09. The molecule has 2 amide bonds. The highest BCUT2D eigenvalue weighted by molar-refractivity contribution is 5.98. The van der Waals surface area contributed by atoms with Gasteiger partial charge in [0.25, 0.3) is 11.6 Å². The molecule has 0 aliphatic carbocycles. The number of methoxy groups -OCH3 is 1. The van der Waals surface area contributed by atoms with E-state index in [2.05, 4.69) is 10.9 Å². The smallest absolute Gasteiger partial charge is 0.273 e. The Hall–Kier alpha value is -3.42. The van der Waals surface area contributed by atoms with Crippen LogP contribution in [0, 0.1) is 10.1 Å². The topological polar surface area (TPSA) is 111 Å². The molecular formula is C17H17N3O5. The molecule has 0 aromatic heterocycles. The molecular weight excluding hydrogens is 326 g/mol. The lowest BCUT2D eigenvalue weighted by Gasteiger charge is -2.14. The SMILES string of the molecule is COc1ccccc1C(=O)NNC(=O)C(C)c1ccc([N+](=O)[O-])cc1. The van der Waals surface area contributed by atoms with Crippen molar-refractivity contribution in [3.05, 3.63) is 69.8 Å². The van der Waals surface area contributed by atoms with Crippen LogP contribution in [0.2, 0.25) is 0 Å². The van der Waals surface area contributed by atoms with E-state index in [9.17, 15) is 19.7 Å². The molecule has 1 atom stereocenters. The van der Waals surface area contributed by atoms with E-state index in [-0.39, 0.29) is 11.3 Å². The van der Waals surface area contributed by atoms with Gasteiger partial charge in [0, 0.05) is 12.1 Å². The maximum Gasteiger partial charge on any atom is 0.273 e. The maximum absolute atomic E-state index is 12.2. The van der Waals surface area contributed by atoms with Crippen LogP contribution in [0.15, 0.2) is 48.5 Å². The molecule has 0 radical (unpaired) electrons. The number of hydrogen-bond donors (Lipinski definition) is 2. The molecule has 1 unspecified atom stereocenters. The number of benzene rings is 2. The molecule has 2 aromatic carbocycles. The molecule has 0 fully saturated rings. The van der Waals surface area contributed by atoms with Gasteiger partial charge in [0.15, 0.2) is 0 Å². The molecule has 0 saturated carbocycles. The molecule has 0 saturated heterocycles. The second kappa shape index (κ2) is 7.91. The normalized spacial score (nSPS) is 11.3. The molecule has 2 rings (SSSR count). The average Bonchev–Trinajstić information content (AvgIpc) is 2.65. The van der Waals surface area contributed by atoms with Crippen molar-refractivity contribution >= 4 is 17.5 Å². The van der Waals surface area contributed by atoms with Crippen LogP contribution < -0.4 is 15.6 Å². The summed E-state index contributed by atoms with van der Waals surface area (Å²) >= 11 is 0. The third-order valence-corrected chi connectivity index (χ3v) is 3.65. The van der Waals surface area contributed by atoms with Crippen LogP contribution in [-0.2, 0) is 4.79 Å². The summed E-state index contributed by atoms with van der Waals surface area (Å²) in [6.07, 6.45) is 0. The number of nitro benzene ring substituents is 1. The first-order valence-electron chi connectivity index (χ1n) is 7.41. The molecule has 0 aliphatic rings. The van der Waals surface area contributed by atoms with E-state index >= 15 is 0 Å². The van der Waals surface area contributed by atoms with Gasteiger partial charge in [0.2, 0.25) is 5.91 Å². The van der Waals surface area contributed by atoms with Crippen LogP contribution >= 0.6 is 0 Å². The zero-order valence-electron chi connectivity index (χ0n) is 13.7. The lowest BCUT2D eigenvalue weighted by molar-refractivity contribution is -0.384. The predicted octanol–water partition coefficient (Wildman–Crippen LogP) is 2.17. The van der Waals surface area contributed by atoms with E-state index < -0.39 is 22.7 Å². The third kappa shape index (κ3) is 4.31. The number of carbonyl (C=O) groups excluding carboxylic acids is 2. The standard InChI is InChI=1S/C17H17N3O5/c1-11(12-7-9-13(10-8-12)20(23)24)16(21)18-19-17(22)14-5-3-4-6-15(14)25-2/h3-11H,1-2H3,(H,18,21)(H,19,22). The van der Waals surface area contributed by atoms with E-state index in [0.717, 1.165) is 0 Å². The Morgan fingerprint density at radius 3 is 2.32 bits per heavy atom. The van der Waals surface area contributed by atoms with E-state index in [1.54, 1.807) is 31.2 Å². The van der Waals surface area contributed by atoms with Crippen molar-refractivity contribution < 1.29 is 19.2 Å². The Balaban J connectivity index is 1.99. The second-order valence-corrected chi connectivity index (χ2v) is 5.21. The number of nitrogens with one attached hydrogen (secondary N) is 2. The number of amides is 2. The number of hydrogen-bond acceptors (Lipinski definition) is 5. The van der Waals surface area contributed by atoms with Crippen LogP contribution in [0.25, 0.3) is 0 Å². The molecule has 25 heavy (non-hydrogen) atoms. The minimum Gasteiger partial charge on any atom is -0.496 e. The van der Waals surface area contributed by atoms with Crippen molar-refractivity contribution in [2.24, 2.45) is 0 Å². The molecule has 0 aliphatic heterocycles. The van der Waals surface area contributed by atoms with Gasteiger partial charge < -0.3 is 4.74 Å². The Labute approximate surface area is 143 Å². The van der Waals surface area contributed by atoms with Gasteiger partial charge in [0.1, 0.15) is 5.75 Å². The average molecular weight is 343 g/mol. The summed E-state index contributed by atoms with van der Waals surface area (Å²) in [6.45, 7) is 1.63. The van der Waals surface area contributed by atoms with Crippen molar-refractivity contribution in [3.8, 4) is 5.75 Å². The van der Waals surface area contributed by atoms with Gasteiger partial charge in [-0.25, -0.2) is 0 Å². The van der Waals surface area contributed by atoms with Crippen molar-refractivity contribution in [1.29, 1.82) is 0 Å². The summed E-state index contributed by atoms with van der Waals surface area (Å²) in [5.41, 5.74) is 5.49. The quantitative estimate of drug-likeness (QED) is 0.638. The van der Waals surface area contributed by atoms with Crippen LogP contribution in [0.1, 0.15) is 28.8 Å². The first-order chi connectivity index (χ1) is 11.9. The molecule has 130 valence electrons. The number of carbonyl (C=O) groups is 2. The Bertz CT molecular complexity index is 789. The van der Waals surface area contributed by atoms with Crippen molar-refractivity contribution in [2.75, 3.05) is 7.11 Å². The van der Waals surface area contributed by atoms with Gasteiger partial charge in [-0.1, -0.05) is 24.3 Å². The van der Waals surface area contributed by atoms with Gasteiger partial charge in [-0.15, -0.1) is 0 Å². The van der Waals surface area contributed by atoms with Gasteiger partial charge in [-0.05, 0) is 24.6 Å². The number of non-ortho nitro benzene ring substituents is 1. The van der Waals surface area contributed by atoms with Gasteiger partial charge in [-0.2, -0.15) is 0 Å². The first kappa shape index (κ1) is 17.9. The maximum atomic E-state index is 12.2. The highest BCUT2D eigenvalue weighted by atomic mass is 16.6. The lowest BCUT2D eigenvalue weighted by atomic mass is 10.0. The fraction of sp³-hybridized carbons (Fsp3) is 0.176. The highest BCUT2D eigenvalue weighted by Gasteiger charge is 2.18. The number of nitro groups is 1. The summed E-state index contributed by atoms with van der Waals surface area (Å²) in [6, 6.07) is 12.3. The zero-order chi connectivity index (χ0) is 18.4. The minimum atomic E-state index is -0.598. The predicted molar refractivity (Wildman–Crippen MR) is 90.1 cm³/mol. The molecule has 0 spiro atoms. The number of para-hydroxylation sites is 1. The van der Waals surface area contributed by atoms with Crippen molar-refractivity contribution in [3.63, 3.8) is 0 Å². The fourth-order valence-electron chi connectivity index (χ4n) is 2.16. The minimum absolute atomic E-state index is 0.0548. The fourth-order valence-corrected chi connectivity index (χ4v) is 2.16. The van der Waals surface area contributed by atoms with E-state index in [1.807, 2.05) is 0 Å². The number of rotatable bonds is 5. The molecule has 2 N–H and O–H groups in total. The highest BCUT2D eigenvalue weighted by Crippen LogP contribution is 2.19. The molecule has 8 heteroatoms. The molecule has 2 aromatic rings. The Morgan fingerprint density at radius 1 is 1.08 bits per heavy atom. The van der Waals surface area contributed by atoms with Gasteiger partial charge in [0.05, 0.1) is 23.5 Å². The Morgan fingerprint density at radius 2 is 1.72 bits per heavy atom. The molecule has 0 heterocycles. The zero-order valence-corrected chi connectivity index (χ0v) is 13.7. The summed E-state index contributed by atoms with van der Waals surface area (Å²) in [7, 11) is 1.45. The van der Waals surface area contributed by atoms with Gasteiger partial charge in [-0.3, -0.25) is 30.6 Å². The number of hydrazine groups is 1. The summed E-state index contributed by atoms with van der Waals surface area (Å²) in [4.78, 5) is 34.4.